The molecule has 0 bridgehead atoms. The Morgan fingerprint density at radius 3 is 2.56 bits per heavy atom. The van der Waals surface area contributed by atoms with Gasteiger partial charge in [0.05, 0.1) is 6.20 Å². The van der Waals surface area contributed by atoms with Crippen molar-refractivity contribution in [3.8, 4) is 11.5 Å². The Hall–Kier alpha value is -2.71. The fraction of sp³-hybridized carbons (Fsp3) is 0.278. The van der Waals surface area contributed by atoms with Crippen LogP contribution in [0.4, 0.5) is 10.2 Å². The molecule has 1 aliphatic heterocycles. The summed E-state index contributed by atoms with van der Waals surface area (Å²) < 4.78 is 18.4. The van der Waals surface area contributed by atoms with Crippen LogP contribution in [-0.2, 0) is 9.59 Å². The van der Waals surface area contributed by atoms with Gasteiger partial charge in [-0.15, -0.1) is 12.4 Å². The van der Waals surface area contributed by atoms with Crippen LogP contribution in [0.2, 0.25) is 0 Å². The third-order valence-electron chi connectivity index (χ3n) is 3.96. The molecule has 0 spiro atoms. The van der Waals surface area contributed by atoms with Crippen molar-refractivity contribution in [1.82, 2.24) is 9.88 Å². The molecule has 1 atom stereocenters. The molecule has 2 heterocycles. The first-order chi connectivity index (χ1) is 12.5. The lowest BCUT2D eigenvalue weighted by molar-refractivity contribution is -0.128. The highest BCUT2D eigenvalue weighted by atomic mass is 35.5. The van der Waals surface area contributed by atoms with Crippen molar-refractivity contribution in [3.63, 3.8) is 0 Å². The Kier molecular flexibility index (Phi) is 7.09. The van der Waals surface area contributed by atoms with Crippen LogP contribution >= 0.6 is 12.4 Å². The Morgan fingerprint density at radius 1 is 1.26 bits per heavy atom. The van der Waals surface area contributed by atoms with Crippen molar-refractivity contribution < 1.29 is 18.7 Å². The van der Waals surface area contributed by atoms with Crippen molar-refractivity contribution in [3.05, 3.63) is 48.4 Å². The number of hydrogen-bond acceptors (Lipinski definition) is 5. The molecule has 3 N–H and O–H groups in total. The number of rotatable bonds is 6. The van der Waals surface area contributed by atoms with Gasteiger partial charge in [0, 0.05) is 19.5 Å². The Morgan fingerprint density at radius 2 is 1.96 bits per heavy atom. The molecular formula is C18H20ClFN4O3. The fourth-order valence-corrected chi connectivity index (χ4v) is 2.59. The molecule has 0 aliphatic carbocycles. The first-order valence-electron chi connectivity index (χ1n) is 8.25. The SMILES string of the molecule is Cl.N[C@@H](CN1CCCC1=O)C(=O)Nc1ccc(Oc2ccc(F)cc2)cn1. The lowest BCUT2D eigenvalue weighted by Gasteiger charge is -2.20. The van der Waals surface area contributed by atoms with E-state index in [1.54, 1.807) is 17.0 Å². The zero-order valence-corrected chi connectivity index (χ0v) is 15.2. The minimum absolute atomic E-state index is 0. The third kappa shape index (κ3) is 5.63. The van der Waals surface area contributed by atoms with Gasteiger partial charge in [-0.1, -0.05) is 0 Å². The zero-order chi connectivity index (χ0) is 18.5. The number of carbonyl (C=O) groups excluding carboxylic acids is 2. The highest BCUT2D eigenvalue weighted by Gasteiger charge is 2.25. The maximum absolute atomic E-state index is 12.9. The van der Waals surface area contributed by atoms with Gasteiger partial charge in [-0.25, -0.2) is 9.37 Å². The number of pyridine rings is 1. The van der Waals surface area contributed by atoms with E-state index in [0.29, 0.717) is 30.3 Å². The summed E-state index contributed by atoms with van der Waals surface area (Å²) in [5.41, 5.74) is 5.86. The van der Waals surface area contributed by atoms with E-state index in [2.05, 4.69) is 10.3 Å². The highest BCUT2D eigenvalue weighted by molar-refractivity contribution is 5.94. The topological polar surface area (TPSA) is 97.5 Å². The van der Waals surface area contributed by atoms with Gasteiger partial charge in [-0.3, -0.25) is 9.59 Å². The summed E-state index contributed by atoms with van der Waals surface area (Å²) >= 11 is 0. The fourth-order valence-electron chi connectivity index (χ4n) is 2.59. The van der Waals surface area contributed by atoms with Crippen LogP contribution in [0.3, 0.4) is 0 Å². The second-order valence-corrected chi connectivity index (χ2v) is 5.97. The number of nitrogens with zero attached hydrogens (tertiary/aromatic N) is 2. The Bertz CT molecular complexity index is 786. The minimum atomic E-state index is -0.825. The largest absolute Gasteiger partial charge is 0.456 e. The van der Waals surface area contributed by atoms with Crippen molar-refractivity contribution in [2.24, 2.45) is 5.73 Å². The second kappa shape index (κ2) is 9.29. The number of benzene rings is 1. The lowest BCUT2D eigenvalue weighted by Crippen LogP contribution is -2.45. The maximum atomic E-state index is 12.9. The number of aromatic nitrogens is 1. The monoisotopic (exact) mass is 394 g/mol. The van der Waals surface area contributed by atoms with Crippen molar-refractivity contribution in [2.75, 3.05) is 18.4 Å². The molecule has 1 saturated heterocycles. The molecule has 1 aromatic heterocycles. The van der Waals surface area contributed by atoms with Gasteiger partial charge in [0.1, 0.15) is 29.2 Å². The van der Waals surface area contributed by atoms with Crippen molar-refractivity contribution in [2.45, 2.75) is 18.9 Å². The summed E-state index contributed by atoms with van der Waals surface area (Å²) in [4.78, 5) is 29.4. The van der Waals surface area contributed by atoms with Gasteiger partial charge in [-0.2, -0.15) is 0 Å². The van der Waals surface area contributed by atoms with E-state index in [1.165, 1.54) is 30.5 Å². The standard InChI is InChI=1S/C18H19FN4O3.ClH/c19-12-3-5-13(6-4-12)26-14-7-8-16(21-10-14)22-18(25)15(20)11-23-9-1-2-17(23)24;/h3-8,10,15H,1-2,9,11,20H2,(H,21,22,25);1H/t15-;/m0./s1. The molecule has 144 valence electrons. The van der Waals surface area contributed by atoms with E-state index in [4.69, 9.17) is 10.5 Å². The van der Waals surface area contributed by atoms with Gasteiger partial charge < -0.3 is 20.7 Å². The molecule has 2 aromatic rings. The van der Waals surface area contributed by atoms with Gasteiger partial charge in [0.25, 0.3) is 0 Å². The summed E-state index contributed by atoms with van der Waals surface area (Å²) in [5.74, 6) is 0.507. The van der Waals surface area contributed by atoms with E-state index in [-0.39, 0.29) is 30.7 Å². The summed E-state index contributed by atoms with van der Waals surface area (Å²) in [6.07, 6.45) is 2.74. The summed E-state index contributed by atoms with van der Waals surface area (Å²) in [6.45, 7) is 0.823. The van der Waals surface area contributed by atoms with Crippen LogP contribution in [0.15, 0.2) is 42.6 Å². The average molecular weight is 395 g/mol. The van der Waals surface area contributed by atoms with Crippen molar-refractivity contribution in [1.29, 1.82) is 0 Å². The summed E-state index contributed by atoms with van der Waals surface area (Å²) in [5, 5.41) is 2.61. The van der Waals surface area contributed by atoms with E-state index in [9.17, 15) is 14.0 Å². The number of likely N-dealkylation sites (tertiary alicyclic amines) is 1. The number of carbonyl (C=O) groups is 2. The van der Waals surface area contributed by atoms with Gasteiger partial charge in [0.15, 0.2) is 0 Å². The predicted molar refractivity (Wildman–Crippen MR) is 100 cm³/mol. The summed E-state index contributed by atoms with van der Waals surface area (Å²) in [7, 11) is 0. The number of nitrogens with two attached hydrogens (primary N) is 1. The zero-order valence-electron chi connectivity index (χ0n) is 14.4. The molecule has 0 unspecified atom stereocenters. The second-order valence-electron chi connectivity index (χ2n) is 5.97. The normalized spacial score (nSPS) is 14.4. The van der Waals surface area contributed by atoms with Crippen LogP contribution in [0.5, 0.6) is 11.5 Å². The predicted octanol–water partition coefficient (Wildman–Crippen LogP) is 2.32. The number of amides is 2. The molecule has 2 amide bonds. The number of ether oxygens (including phenoxy) is 1. The van der Waals surface area contributed by atoms with Gasteiger partial charge in [-0.05, 0) is 42.8 Å². The molecule has 0 radical (unpaired) electrons. The smallest absolute Gasteiger partial charge is 0.244 e. The average Bonchev–Trinajstić information content (AvgIpc) is 3.03. The molecule has 7 nitrogen and oxygen atoms in total. The van der Waals surface area contributed by atoms with E-state index < -0.39 is 11.9 Å². The maximum Gasteiger partial charge on any atom is 0.244 e. The molecule has 9 heteroatoms. The number of nitrogens with one attached hydrogen (secondary N) is 1. The number of anilines is 1. The number of halogens is 2. The Balaban J connectivity index is 0.00000261. The van der Waals surface area contributed by atoms with Crippen LogP contribution in [0.1, 0.15) is 12.8 Å². The molecule has 1 aliphatic rings. The van der Waals surface area contributed by atoms with Crippen LogP contribution in [0.25, 0.3) is 0 Å². The molecule has 3 rings (SSSR count). The molecular weight excluding hydrogens is 375 g/mol. The van der Waals surface area contributed by atoms with Gasteiger partial charge >= 0.3 is 0 Å². The lowest BCUT2D eigenvalue weighted by atomic mass is 10.2. The highest BCUT2D eigenvalue weighted by Crippen LogP contribution is 2.21. The van der Waals surface area contributed by atoms with Gasteiger partial charge in [0.2, 0.25) is 11.8 Å². The van der Waals surface area contributed by atoms with E-state index >= 15 is 0 Å². The van der Waals surface area contributed by atoms with Crippen LogP contribution < -0.4 is 15.8 Å². The minimum Gasteiger partial charge on any atom is -0.456 e. The first kappa shape index (κ1) is 20.6. The quantitative estimate of drug-likeness (QED) is 0.783. The van der Waals surface area contributed by atoms with Crippen molar-refractivity contribution >= 4 is 30.0 Å². The molecule has 0 saturated carbocycles. The molecule has 1 fully saturated rings. The van der Waals surface area contributed by atoms with E-state index in [1.807, 2.05) is 0 Å². The Labute approximate surface area is 162 Å². The van der Waals surface area contributed by atoms with Crippen LogP contribution in [-0.4, -0.2) is 40.8 Å². The third-order valence-corrected chi connectivity index (χ3v) is 3.96. The molecule has 27 heavy (non-hydrogen) atoms. The number of hydrogen-bond donors (Lipinski definition) is 2. The first-order valence-corrected chi connectivity index (χ1v) is 8.25. The summed E-state index contributed by atoms with van der Waals surface area (Å²) in [6, 6.07) is 7.97. The van der Waals surface area contributed by atoms with Crippen LogP contribution in [0, 0.1) is 5.82 Å². The molecule has 1 aromatic carbocycles. The van der Waals surface area contributed by atoms with E-state index in [0.717, 1.165) is 6.42 Å².